The highest BCUT2D eigenvalue weighted by atomic mass is 32.2. The zero-order valence-electron chi connectivity index (χ0n) is 20.0. The number of fused-ring (bicyclic) bond motifs is 1. The minimum atomic E-state index is -3.75. The molecule has 2 N–H and O–H groups in total. The van der Waals surface area contributed by atoms with Crippen LogP contribution in [0.5, 0.6) is 0 Å². The van der Waals surface area contributed by atoms with Crippen molar-refractivity contribution in [3.63, 3.8) is 0 Å². The van der Waals surface area contributed by atoms with Crippen LogP contribution in [0, 0.1) is 5.82 Å². The lowest BCUT2D eigenvalue weighted by atomic mass is 10.1. The molecule has 1 saturated heterocycles. The number of carbonyl (C=O) groups is 1. The first kappa shape index (κ1) is 25.2. The molecule has 4 aromatic rings. The van der Waals surface area contributed by atoms with Gasteiger partial charge in [-0.15, -0.1) is 11.3 Å². The first-order valence-corrected chi connectivity index (χ1v) is 14.1. The third-order valence-corrected chi connectivity index (χ3v) is 8.80. The van der Waals surface area contributed by atoms with E-state index in [-0.39, 0.29) is 26.1 Å². The molecule has 0 spiro atoms. The van der Waals surface area contributed by atoms with Crippen LogP contribution in [0.3, 0.4) is 0 Å². The van der Waals surface area contributed by atoms with E-state index in [0.29, 0.717) is 35.7 Å². The normalized spacial score (nSPS) is 17.2. The number of carbonyl (C=O) groups excluding carboxylic acids is 1. The summed E-state index contributed by atoms with van der Waals surface area (Å²) in [6, 6.07) is 11.9. The number of piperazine rings is 1. The standard InChI is InChI=1S/C25H26FN5O4S2.2H2/c1-17(30-11-9-21-22(26)3-2-4-23(21)30)24(33)31-13-12-29(15-19(31)16-32)18-5-7-20(8-6-18)37(34,35)28-25-27-10-14-36-25;;/h2-11,14,17,19,32H,12-13,15-16H2,1H3,(H,27,28);2*1H/t17-,19+;;/m0../s1. The van der Waals surface area contributed by atoms with Crippen LogP contribution in [0.1, 0.15) is 15.8 Å². The fourth-order valence-electron chi connectivity index (χ4n) is 4.67. The van der Waals surface area contributed by atoms with E-state index in [1.165, 1.54) is 35.7 Å². The topological polar surface area (TPSA) is 108 Å². The second-order valence-electron chi connectivity index (χ2n) is 8.82. The van der Waals surface area contributed by atoms with Gasteiger partial charge in [0.05, 0.1) is 23.1 Å². The maximum Gasteiger partial charge on any atom is 0.263 e. The zero-order valence-corrected chi connectivity index (χ0v) is 21.6. The zero-order chi connectivity index (χ0) is 26.2. The average Bonchev–Trinajstić information content (AvgIpc) is 3.58. The van der Waals surface area contributed by atoms with Crippen LogP contribution in [-0.2, 0) is 14.8 Å². The molecule has 12 heteroatoms. The van der Waals surface area contributed by atoms with Gasteiger partial charge < -0.3 is 19.5 Å². The summed E-state index contributed by atoms with van der Waals surface area (Å²) in [5.41, 5.74) is 1.43. The molecular formula is C25H30FN5O4S2. The van der Waals surface area contributed by atoms with Crippen molar-refractivity contribution < 1.29 is 25.6 Å². The number of aromatic nitrogens is 2. The summed E-state index contributed by atoms with van der Waals surface area (Å²) in [5, 5.41) is 12.5. The Hall–Kier alpha value is -3.48. The fourth-order valence-corrected chi connectivity index (χ4v) is 6.46. The summed E-state index contributed by atoms with van der Waals surface area (Å²) in [4.78, 5) is 21.2. The van der Waals surface area contributed by atoms with Gasteiger partial charge in [-0.05, 0) is 49.4 Å². The molecule has 0 radical (unpaired) electrons. The van der Waals surface area contributed by atoms with E-state index in [0.717, 1.165) is 5.69 Å². The lowest BCUT2D eigenvalue weighted by Gasteiger charge is -2.42. The lowest BCUT2D eigenvalue weighted by Crippen LogP contribution is -2.57. The van der Waals surface area contributed by atoms with Gasteiger partial charge in [-0.25, -0.2) is 17.8 Å². The first-order valence-electron chi connectivity index (χ1n) is 11.7. The van der Waals surface area contributed by atoms with Gasteiger partial charge in [-0.3, -0.25) is 9.52 Å². The molecule has 0 saturated carbocycles. The quantitative estimate of drug-likeness (QED) is 0.365. The number of hydrogen-bond donors (Lipinski definition) is 2. The summed E-state index contributed by atoms with van der Waals surface area (Å²) in [6.07, 6.45) is 3.23. The number of amides is 1. The summed E-state index contributed by atoms with van der Waals surface area (Å²) in [7, 11) is -3.75. The summed E-state index contributed by atoms with van der Waals surface area (Å²) < 4.78 is 43.5. The monoisotopic (exact) mass is 547 g/mol. The van der Waals surface area contributed by atoms with Crippen molar-refractivity contribution in [2.45, 2.75) is 23.9 Å². The molecule has 9 nitrogen and oxygen atoms in total. The molecule has 0 bridgehead atoms. The Morgan fingerprint density at radius 3 is 2.73 bits per heavy atom. The van der Waals surface area contributed by atoms with Crippen LogP contribution in [0.4, 0.5) is 15.2 Å². The van der Waals surface area contributed by atoms with E-state index in [4.69, 9.17) is 0 Å². The number of thiazole rings is 1. The largest absolute Gasteiger partial charge is 0.394 e. The summed E-state index contributed by atoms with van der Waals surface area (Å²) in [6.45, 7) is 2.83. The number of nitrogens with one attached hydrogen (secondary N) is 1. The van der Waals surface area contributed by atoms with Crippen LogP contribution >= 0.6 is 11.3 Å². The number of halogens is 1. The molecule has 0 aliphatic carbocycles. The first-order chi connectivity index (χ1) is 17.8. The molecule has 198 valence electrons. The number of anilines is 2. The van der Waals surface area contributed by atoms with Crippen molar-refractivity contribution in [2.75, 3.05) is 35.9 Å². The second kappa shape index (κ2) is 10.1. The van der Waals surface area contributed by atoms with E-state index in [2.05, 4.69) is 9.71 Å². The molecule has 0 unspecified atom stereocenters. The molecular weight excluding hydrogens is 517 g/mol. The van der Waals surface area contributed by atoms with Crippen LogP contribution in [0.2, 0.25) is 0 Å². The molecule has 2 aromatic carbocycles. The van der Waals surface area contributed by atoms with E-state index in [1.54, 1.807) is 58.3 Å². The van der Waals surface area contributed by atoms with Crippen LogP contribution in [0.25, 0.3) is 10.9 Å². The van der Waals surface area contributed by atoms with Gasteiger partial charge in [0.2, 0.25) is 5.91 Å². The van der Waals surface area contributed by atoms with Gasteiger partial charge in [0.25, 0.3) is 10.0 Å². The van der Waals surface area contributed by atoms with Gasteiger partial charge >= 0.3 is 0 Å². The lowest BCUT2D eigenvalue weighted by molar-refractivity contribution is -0.138. The van der Waals surface area contributed by atoms with Crippen molar-refractivity contribution in [3.05, 3.63) is 72.1 Å². The number of nitrogens with zero attached hydrogens (tertiary/aromatic N) is 4. The number of aliphatic hydroxyl groups is 1. The minimum Gasteiger partial charge on any atom is -0.394 e. The smallest absolute Gasteiger partial charge is 0.263 e. The third kappa shape index (κ3) is 4.91. The Balaban J connectivity index is 0.00000210. The SMILES string of the molecule is C[C@@H](C(=O)N1CCN(c2ccc(S(=O)(=O)Nc3nccs3)cc2)C[C@@H]1CO)n1ccc2c(F)cccc21.[HH].[HH]. The molecule has 1 amide bonds. The Bertz CT molecular complexity index is 1520. The minimum absolute atomic E-state index is 0. The molecule has 2 atom stereocenters. The Morgan fingerprint density at radius 2 is 2.03 bits per heavy atom. The third-order valence-electron chi connectivity index (χ3n) is 6.63. The number of sulfonamides is 1. The molecule has 5 rings (SSSR count). The van der Waals surface area contributed by atoms with E-state index >= 15 is 0 Å². The van der Waals surface area contributed by atoms with Gasteiger partial charge in [0.1, 0.15) is 11.9 Å². The number of aliphatic hydroxyl groups excluding tert-OH is 1. The van der Waals surface area contributed by atoms with E-state index < -0.39 is 22.1 Å². The van der Waals surface area contributed by atoms with Gasteiger partial charge in [0, 0.05) is 51.3 Å². The van der Waals surface area contributed by atoms with Gasteiger partial charge in [-0.2, -0.15) is 0 Å². The predicted molar refractivity (Wildman–Crippen MR) is 145 cm³/mol. The van der Waals surface area contributed by atoms with Gasteiger partial charge in [-0.1, -0.05) is 6.07 Å². The molecule has 3 heterocycles. The summed E-state index contributed by atoms with van der Waals surface area (Å²) in [5.74, 6) is -0.495. The molecule has 1 aliphatic rings. The number of rotatable bonds is 7. The highest BCUT2D eigenvalue weighted by Gasteiger charge is 2.33. The molecule has 1 aliphatic heterocycles. The average molecular weight is 548 g/mol. The van der Waals surface area contributed by atoms with E-state index in [1.807, 2.05) is 4.90 Å². The van der Waals surface area contributed by atoms with Crippen molar-refractivity contribution >= 4 is 49.0 Å². The van der Waals surface area contributed by atoms with Crippen molar-refractivity contribution in [1.29, 1.82) is 0 Å². The molecule has 1 fully saturated rings. The Morgan fingerprint density at radius 1 is 1.24 bits per heavy atom. The van der Waals surface area contributed by atoms with Crippen LogP contribution in [-0.4, -0.2) is 66.2 Å². The van der Waals surface area contributed by atoms with Gasteiger partial charge in [0.15, 0.2) is 5.13 Å². The highest BCUT2D eigenvalue weighted by Crippen LogP contribution is 2.27. The fraction of sp³-hybridized carbons (Fsp3) is 0.280. The van der Waals surface area contributed by atoms with Crippen LogP contribution < -0.4 is 9.62 Å². The Kier molecular flexibility index (Phi) is 6.88. The highest BCUT2D eigenvalue weighted by molar-refractivity contribution is 7.93. The summed E-state index contributed by atoms with van der Waals surface area (Å²) >= 11 is 1.19. The molecule has 37 heavy (non-hydrogen) atoms. The molecule has 2 aromatic heterocycles. The van der Waals surface area contributed by atoms with Crippen molar-refractivity contribution in [3.8, 4) is 0 Å². The van der Waals surface area contributed by atoms with Crippen LogP contribution in [0.15, 0.2) is 71.2 Å². The van der Waals surface area contributed by atoms with Crippen molar-refractivity contribution in [1.82, 2.24) is 14.5 Å². The maximum atomic E-state index is 14.1. The number of benzene rings is 2. The second-order valence-corrected chi connectivity index (χ2v) is 11.4. The Labute approximate surface area is 220 Å². The number of hydrogen-bond acceptors (Lipinski definition) is 7. The maximum absolute atomic E-state index is 14.1. The predicted octanol–water partition coefficient (Wildman–Crippen LogP) is 3.80. The van der Waals surface area contributed by atoms with Crippen molar-refractivity contribution in [2.24, 2.45) is 0 Å². The van der Waals surface area contributed by atoms with E-state index in [9.17, 15) is 22.7 Å².